The first-order valence-corrected chi connectivity index (χ1v) is 10.5. The Bertz CT molecular complexity index is 1230. The van der Waals surface area contributed by atoms with Gasteiger partial charge in [-0.15, -0.1) is 0 Å². The molecule has 3 heterocycles. The smallest absolute Gasteiger partial charge is 0.253 e. The van der Waals surface area contributed by atoms with E-state index in [1.807, 2.05) is 35.4 Å². The quantitative estimate of drug-likeness (QED) is 0.560. The summed E-state index contributed by atoms with van der Waals surface area (Å²) in [5.41, 5.74) is 6.56. The summed E-state index contributed by atoms with van der Waals surface area (Å²) in [6.45, 7) is 8.29. The van der Waals surface area contributed by atoms with Gasteiger partial charge in [0.25, 0.3) is 5.91 Å². The molecule has 0 atom stereocenters. The van der Waals surface area contributed by atoms with Gasteiger partial charge in [-0.05, 0) is 49.2 Å². The first-order chi connectivity index (χ1) is 14.6. The fraction of sp³-hybridized carbons (Fsp3) is 0.280. The summed E-state index contributed by atoms with van der Waals surface area (Å²) in [7, 11) is 0. The van der Waals surface area contributed by atoms with Crippen molar-refractivity contribution in [3.63, 3.8) is 0 Å². The van der Waals surface area contributed by atoms with Crippen molar-refractivity contribution in [3.8, 4) is 0 Å². The van der Waals surface area contributed by atoms with Crippen molar-refractivity contribution in [2.45, 2.75) is 20.4 Å². The zero-order valence-corrected chi connectivity index (χ0v) is 17.5. The standard InChI is InChI=1S/C25H26N4O/c1-17-18(2)27-23-9-8-20(15-22(17)23)25(30)29-13-11-28(12-14-29)16-21-6-3-5-19-7-4-10-26-24(19)21/h3-10,15,27H,11-14,16H2,1-2H3. The second-order valence-corrected chi connectivity index (χ2v) is 8.20. The fourth-order valence-corrected chi connectivity index (χ4v) is 4.42. The maximum absolute atomic E-state index is 13.1. The summed E-state index contributed by atoms with van der Waals surface area (Å²) in [6, 6.07) is 16.4. The first kappa shape index (κ1) is 18.8. The van der Waals surface area contributed by atoms with Crippen LogP contribution in [-0.2, 0) is 6.54 Å². The van der Waals surface area contributed by atoms with Crippen LogP contribution in [0, 0.1) is 13.8 Å². The maximum Gasteiger partial charge on any atom is 0.253 e. The molecule has 1 aliphatic rings. The number of nitrogens with zero attached hydrogens (tertiary/aromatic N) is 3. The van der Waals surface area contributed by atoms with Gasteiger partial charge in [0, 0.05) is 66.5 Å². The number of aromatic nitrogens is 2. The number of pyridine rings is 1. The highest BCUT2D eigenvalue weighted by Gasteiger charge is 2.23. The van der Waals surface area contributed by atoms with Gasteiger partial charge in [-0.2, -0.15) is 0 Å². The molecule has 1 aliphatic heterocycles. The van der Waals surface area contributed by atoms with Crippen LogP contribution >= 0.6 is 0 Å². The molecule has 0 saturated carbocycles. The lowest BCUT2D eigenvalue weighted by molar-refractivity contribution is 0.0629. The normalized spacial score (nSPS) is 15.2. The van der Waals surface area contributed by atoms with Crippen LogP contribution in [-0.4, -0.2) is 51.9 Å². The number of benzene rings is 2. The van der Waals surface area contributed by atoms with Crippen LogP contribution in [0.5, 0.6) is 0 Å². The van der Waals surface area contributed by atoms with E-state index in [4.69, 9.17) is 0 Å². The van der Waals surface area contributed by atoms with Gasteiger partial charge in [0.2, 0.25) is 0 Å². The number of aryl methyl sites for hydroxylation is 2. The number of hydrogen-bond donors (Lipinski definition) is 1. The van der Waals surface area contributed by atoms with Gasteiger partial charge in [-0.3, -0.25) is 14.7 Å². The Labute approximate surface area is 176 Å². The zero-order chi connectivity index (χ0) is 20.7. The molecule has 0 spiro atoms. The summed E-state index contributed by atoms with van der Waals surface area (Å²) >= 11 is 0. The molecule has 0 unspecified atom stereocenters. The van der Waals surface area contributed by atoms with E-state index >= 15 is 0 Å². The lowest BCUT2D eigenvalue weighted by atomic mass is 10.1. The number of amides is 1. The largest absolute Gasteiger partial charge is 0.358 e. The van der Waals surface area contributed by atoms with Crippen LogP contribution in [0.1, 0.15) is 27.2 Å². The summed E-state index contributed by atoms with van der Waals surface area (Å²) in [5, 5.41) is 2.31. The molecule has 2 aromatic carbocycles. The predicted octanol–water partition coefficient (Wildman–Crippen LogP) is 4.29. The topological polar surface area (TPSA) is 52.2 Å². The van der Waals surface area contributed by atoms with Crippen molar-refractivity contribution < 1.29 is 4.79 Å². The Kier molecular flexibility index (Phi) is 4.75. The summed E-state index contributed by atoms with van der Waals surface area (Å²) < 4.78 is 0. The number of H-pyrrole nitrogens is 1. The van der Waals surface area contributed by atoms with Gasteiger partial charge in [0.15, 0.2) is 0 Å². The molecule has 1 saturated heterocycles. The zero-order valence-electron chi connectivity index (χ0n) is 17.5. The van der Waals surface area contributed by atoms with Gasteiger partial charge in [-0.1, -0.05) is 24.3 Å². The van der Waals surface area contributed by atoms with Gasteiger partial charge < -0.3 is 9.88 Å². The van der Waals surface area contributed by atoms with Crippen molar-refractivity contribution >= 4 is 27.7 Å². The summed E-state index contributed by atoms with van der Waals surface area (Å²) in [6.07, 6.45) is 1.85. The molecule has 30 heavy (non-hydrogen) atoms. The third kappa shape index (κ3) is 3.35. The molecule has 0 radical (unpaired) electrons. The third-order valence-electron chi connectivity index (χ3n) is 6.32. The number of carbonyl (C=O) groups is 1. The second kappa shape index (κ2) is 7.58. The van der Waals surface area contributed by atoms with Crippen LogP contribution in [0.4, 0.5) is 0 Å². The Morgan fingerprint density at radius 3 is 2.67 bits per heavy atom. The number of para-hydroxylation sites is 1. The van der Waals surface area contributed by atoms with E-state index in [0.717, 1.165) is 60.4 Å². The van der Waals surface area contributed by atoms with Crippen molar-refractivity contribution in [1.82, 2.24) is 19.8 Å². The molecule has 152 valence electrons. The van der Waals surface area contributed by atoms with Gasteiger partial charge in [0.05, 0.1) is 5.52 Å². The Balaban J connectivity index is 1.27. The lowest BCUT2D eigenvalue weighted by Gasteiger charge is -2.35. The molecule has 1 amide bonds. The van der Waals surface area contributed by atoms with E-state index in [1.54, 1.807) is 0 Å². The van der Waals surface area contributed by atoms with Gasteiger partial charge >= 0.3 is 0 Å². The molecule has 0 aliphatic carbocycles. The average molecular weight is 399 g/mol. The van der Waals surface area contributed by atoms with Crippen molar-refractivity contribution in [2.24, 2.45) is 0 Å². The Morgan fingerprint density at radius 1 is 1.03 bits per heavy atom. The third-order valence-corrected chi connectivity index (χ3v) is 6.32. The van der Waals surface area contributed by atoms with Crippen LogP contribution < -0.4 is 0 Å². The second-order valence-electron chi connectivity index (χ2n) is 8.20. The van der Waals surface area contributed by atoms with Crippen LogP contribution in [0.3, 0.4) is 0 Å². The molecular formula is C25H26N4O. The van der Waals surface area contributed by atoms with Gasteiger partial charge in [-0.25, -0.2) is 0 Å². The van der Waals surface area contributed by atoms with Crippen LogP contribution in [0.25, 0.3) is 21.8 Å². The van der Waals surface area contributed by atoms with E-state index in [2.05, 4.69) is 53.0 Å². The molecule has 5 rings (SSSR count). The molecule has 2 aromatic heterocycles. The van der Waals surface area contributed by atoms with E-state index in [0.29, 0.717) is 0 Å². The van der Waals surface area contributed by atoms with Crippen molar-refractivity contribution in [2.75, 3.05) is 26.2 Å². The number of fused-ring (bicyclic) bond motifs is 2. The van der Waals surface area contributed by atoms with Crippen LogP contribution in [0.15, 0.2) is 54.7 Å². The molecule has 4 aromatic rings. The summed E-state index contributed by atoms with van der Waals surface area (Å²) in [5.74, 6) is 0.127. The van der Waals surface area contributed by atoms with E-state index < -0.39 is 0 Å². The SMILES string of the molecule is Cc1[nH]c2ccc(C(=O)N3CCN(Cc4cccc5cccnc45)CC3)cc2c1C. The molecule has 0 bridgehead atoms. The van der Waals surface area contributed by atoms with Crippen LogP contribution in [0.2, 0.25) is 0 Å². The molecule has 1 N–H and O–H groups in total. The lowest BCUT2D eigenvalue weighted by Crippen LogP contribution is -2.48. The molecular weight excluding hydrogens is 372 g/mol. The molecule has 5 heteroatoms. The number of nitrogens with one attached hydrogen (secondary N) is 1. The Morgan fingerprint density at radius 2 is 1.83 bits per heavy atom. The van der Waals surface area contributed by atoms with E-state index in [1.165, 1.54) is 16.5 Å². The predicted molar refractivity (Wildman–Crippen MR) is 121 cm³/mol. The minimum Gasteiger partial charge on any atom is -0.358 e. The minimum absolute atomic E-state index is 0.127. The highest BCUT2D eigenvalue weighted by Crippen LogP contribution is 2.24. The fourth-order valence-electron chi connectivity index (χ4n) is 4.42. The number of rotatable bonds is 3. The molecule has 5 nitrogen and oxygen atoms in total. The van der Waals surface area contributed by atoms with Crippen molar-refractivity contribution in [3.05, 3.63) is 77.1 Å². The Hall–Kier alpha value is -3.18. The molecule has 1 fully saturated rings. The highest BCUT2D eigenvalue weighted by molar-refractivity contribution is 5.99. The number of aromatic amines is 1. The monoisotopic (exact) mass is 398 g/mol. The highest BCUT2D eigenvalue weighted by atomic mass is 16.2. The first-order valence-electron chi connectivity index (χ1n) is 10.5. The van der Waals surface area contributed by atoms with E-state index in [9.17, 15) is 4.79 Å². The van der Waals surface area contributed by atoms with Gasteiger partial charge in [0.1, 0.15) is 0 Å². The number of hydrogen-bond acceptors (Lipinski definition) is 3. The minimum atomic E-state index is 0.127. The summed E-state index contributed by atoms with van der Waals surface area (Å²) in [4.78, 5) is 25.4. The van der Waals surface area contributed by atoms with Crippen molar-refractivity contribution in [1.29, 1.82) is 0 Å². The average Bonchev–Trinajstić information content (AvgIpc) is 3.07. The van der Waals surface area contributed by atoms with E-state index in [-0.39, 0.29) is 5.91 Å². The number of piperazine rings is 1. The number of carbonyl (C=O) groups excluding carboxylic acids is 1. The maximum atomic E-state index is 13.1.